The second kappa shape index (κ2) is 5.84. The Bertz CT molecular complexity index is 307. The van der Waals surface area contributed by atoms with Crippen LogP contribution >= 0.6 is 23.4 Å². The molecule has 0 atom stereocenters. The zero-order valence-corrected chi connectivity index (χ0v) is 11.7. The summed E-state index contributed by atoms with van der Waals surface area (Å²) in [5.41, 5.74) is 0.948. The Morgan fingerprint density at radius 3 is 2.47 bits per heavy atom. The maximum atomic E-state index is 5.65. The SMILES string of the molecule is CO[Si](C)(C)CSc1ncc(CCl)cn1. The second-order valence-electron chi connectivity index (χ2n) is 3.76. The molecule has 0 bridgehead atoms. The maximum absolute atomic E-state index is 5.65. The number of hydrogen-bond donors (Lipinski definition) is 0. The van der Waals surface area contributed by atoms with Crippen molar-refractivity contribution in [2.45, 2.75) is 24.1 Å². The third kappa shape index (κ3) is 4.50. The molecular formula is C9H15ClN2OSSi. The lowest BCUT2D eigenvalue weighted by atomic mass is 10.4. The van der Waals surface area contributed by atoms with Crippen molar-refractivity contribution in [3.63, 3.8) is 0 Å². The van der Waals surface area contributed by atoms with Crippen molar-refractivity contribution < 1.29 is 4.43 Å². The molecule has 0 unspecified atom stereocenters. The summed E-state index contributed by atoms with van der Waals surface area (Å²) in [6.45, 7) is 4.35. The molecule has 0 aliphatic rings. The molecular weight excluding hydrogens is 248 g/mol. The summed E-state index contributed by atoms with van der Waals surface area (Å²) < 4.78 is 5.45. The van der Waals surface area contributed by atoms with Crippen LogP contribution in [0.1, 0.15) is 5.56 Å². The van der Waals surface area contributed by atoms with Gasteiger partial charge in [0.1, 0.15) is 0 Å². The molecule has 3 nitrogen and oxygen atoms in total. The van der Waals surface area contributed by atoms with Crippen LogP contribution in [0.2, 0.25) is 13.1 Å². The molecule has 0 saturated carbocycles. The van der Waals surface area contributed by atoms with Crippen molar-refractivity contribution >= 4 is 31.7 Å². The van der Waals surface area contributed by atoms with Gasteiger partial charge in [0.05, 0.1) is 5.88 Å². The number of hydrogen-bond acceptors (Lipinski definition) is 4. The molecule has 15 heavy (non-hydrogen) atoms. The molecule has 1 aromatic rings. The van der Waals surface area contributed by atoms with E-state index in [0.717, 1.165) is 16.1 Å². The molecule has 1 rings (SSSR count). The van der Waals surface area contributed by atoms with Gasteiger partial charge in [0, 0.05) is 30.4 Å². The predicted octanol–water partition coefficient (Wildman–Crippen LogP) is 2.70. The standard InChI is InChI=1S/C9H15ClN2OSSi/c1-13-15(2,3)7-14-9-11-5-8(4-10)6-12-9/h5-6H,4,7H2,1-3H3. The molecule has 0 aliphatic carbocycles. The van der Waals surface area contributed by atoms with Gasteiger partial charge >= 0.3 is 0 Å². The largest absolute Gasteiger partial charge is 0.420 e. The first-order valence-corrected chi connectivity index (χ1v) is 9.26. The normalized spacial score (nSPS) is 11.7. The van der Waals surface area contributed by atoms with Crippen molar-refractivity contribution in [2.24, 2.45) is 0 Å². The zero-order chi connectivity index (χ0) is 11.3. The van der Waals surface area contributed by atoms with Gasteiger partial charge in [0.15, 0.2) is 13.5 Å². The van der Waals surface area contributed by atoms with Gasteiger partial charge in [-0.05, 0) is 13.1 Å². The first-order chi connectivity index (χ1) is 7.07. The number of alkyl halides is 1. The minimum atomic E-state index is -1.53. The number of nitrogens with zero attached hydrogens (tertiary/aromatic N) is 2. The highest BCUT2D eigenvalue weighted by Gasteiger charge is 2.21. The van der Waals surface area contributed by atoms with E-state index >= 15 is 0 Å². The molecule has 0 radical (unpaired) electrons. The third-order valence-corrected chi connectivity index (χ3v) is 7.18. The van der Waals surface area contributed by atoms with E-state index < -0.39 is 8.32 Å². The molecule has 0 N–H and O–H groups in total. The lowest BCUT2D eigenvalue weighted by Crippen LogP contribution is -2.32. The van der Waals surface area contributed by atoms with E-state index in [0.29, 0.717) is 5.88 Å². The summed E-state index contributed by atoms with van der Waals surface area (Å²) in [6.07, 6.45) is 3.54. The Balaban J connectivity index is 2.51. The van der Waals surface area contributed by atoms with Crippen molar-refractivity contribution in [1.29, 1.82) is 0 Å². The van der Waals surface area contributed by atoms with Crippen LogP contribution < -0.4 is 0 Å². The van der Waals surface area contributed by atoms with Crippen molar-refractivity contribution in [1.82, 2.24) is 9.97 Å². The van der Waals surface area contributed by atoms with Crippen molar-refractivity contribution in [2.75, 3.05) is 12.5 Å². The van der Waals surface area contributed by atoms with Crippen LogP contribution in [0, 0.1) is 0 Å². The van der Waals surface area contributed by atoms with Crippen LogP contribution in [-0.2, 0) is 10.3 Å². The van der Waals surface area contributed by atoms with Crippen molar-refractivity contribution in [3.8, 4) is 0 Å². The Hall–Kier alpha value is -0.103. The highest BCUT2D eigenvalue weighted by Crippen LogP contribution is 2.18. The highest BCUT2D eigenvalue weighted by molar-refractivity contribution is 8.00. The summed E-state index contributed by atoms with van der Waals surface area (Å²) in [7, 11) is 0.243. The average molecular weight is 263 g/mol. The average Bonchev–Trinajstić information content (AvgIpc) is 2.27. The number of aromatic nitrogens is 2. The van der Waals surface area contributed by atoms with E-state index in [2.05, 4.69) is 23.1 Å². The molecule has 0 fully saturated rings. The minimum Gasteiger partial charge on any atom is -0.420 e. The molecule has 6 heteroatoms. The van der Waals surface area contributed by atoms with Gasteiger partial charge in [-0.2, -0.15) is 0 Å². The topological polar surface area (TPSA) is 35.0 Å². The van der Waals surface area contributed by atoms with Crippen LogP contribution in [0.4, 0.5) is 0 Å². The molecule has 1 aromatic heterocycles. The van der Waals surface area contributed by atoms with Gasteiger partial charge < -0.3 is 4.43 Å². The molecule has 0 aliphatic heterocycles. The quantitative estimate of drug-likeness (QED) is 0.354. The van der Waals surface area contributed by atoms with Gasteiger partial charge in [-0.25, -0.2) is 9.97 Å². The summed E-state index contributed by atoms with van der Waals surface area (Å²) in [5.74, 6) is 0.462. The van der Waals surface area contributed by atoms with Crippen molar-refractivity contribution in [3.05, 3.63) is 18.0 Å². The first kappa shape index (κ1) is 13.0. The van der Waals surface area contributed by atoms with Crippen LogP contribution in [0.5, 0.6) is 0 Å². The Labute approximate surface area is 101 Å². The second-order valence-corrected chi connectivity index (χ2v) is 9.76. The van der Waals surface area contributed by atoms with Crippen LogP contribution in [-0.4, -0.2) is 30.8 Å². The van der Waals surface area contributed by atoms with Crippen LogP contribution in [0.3, 0.4) is 0 Å². The van der Waals surface area contributed by atoms with E-state index in [1.54, 1.807) is 31.3 Å². The van der Waals surface area contributed by atoms with Crippen LogP contribution in [0.15, 0.2) is 17.6 Å². The number of halogens is 1. The summed E-state index contributed by atoms with van der Waals surface area (Å²) in [6, 6.07) is 0. The minimum absolute atomic E-state index is 0.462. The fraction of sp³-hybridized carbons (Fsp3) is 0.556. The van der Waals surface area contributed by atoms with E-state index in [1.807, 2.05) is 0 Å². The van der Waals surface area contributed by atoms with E-state index in [1.165, 1.54) is 0 Å². The summed E-state index contributed by atoms with van der Waals surface area (Å²) in [4.78, 5) is 8.44. The summed E-state index contributed by atoms with van der Waals surface area (Å²) >= 11 is 7.29. The zero-order valence-electron chi connectivity index (χ0n) is 9.16. The lowest BCUT2D eigenvalue weighted by Gasteiger charge is -2.18. The summed E-state index contributed by atoms with van der Waals surface area (Å²) in [5, 5.41) is 1.76. The Morgan fingerprint density at radius 1 is 1.40 bits per heavy atom. The Kier molecular flexibility index (Phi) is 5.05. The van der Waals surface area contributed by atoms with Gasteiger partial charge in [-0.15, -0.1) is 11.6 Å². The number of rotatable bonds is 5. The lowest BCUT2D eigenvalue weighted by molar-refractivity contribution is 0.410. The van der Waals surface area contributed by atoms with E-state index in [4.69, 9.17) is 16.0 Å². The molecule has 0 amide bonds. The molecule has 1 heterocycles. The van der Waals surface area contributed by atoms with Gasteiger partial charge in [0.25, 0.3) is 0 Å². The smallest absolute Gasteiger partial charge is 0.196 e. The van der Waals surface area contributed by atoms with Gasteiger partial charge in [-0.1, -0.05) is 11.8 Å². The highest BCUT2D eigenvalue weighted by atomic mass is 35.5. The van der Waals surface area contributed by atoms with E-state index in [-0.39, 0.29) is 0 Å². The maximum Gasteiger partial charge on any atom is 0.196 e. The third-order valence-electron chi connectivity index (χ3n) is 1.94. The Morgan fingerprint density at radius 2 is 2.00 bits per heavy atom. The fourth-order valence-electron chi connectivity index (χ4n) is 0.784. The molecule has 0 saturated heterocycles. The monoisotopic (exact) mass is 262 g/mol. The fourth-order valence-corrected chi connectivity index (χ4v) is 3.55. The van der Waals surface area contributed by atoms with Gasteiger partial charge in [-0.3, -0.25) is 0 Å². The number of thioether (sulfide) groups is 1. The van der Waals surface area contributed by atoms with Gasteiger partial charge in [0.2, 0.25) is 0 Å². The van der Waals surface area contributed by atoms with E-state index in [9.17, 15) is 0 Å². The first-order valence-electron chi connectivity index (χ1n) is 4.62. The molecule has 84 valence electrons. The molecule has 0 aromatic carbocycles. The predicted molar refractivity (Wildman–Crippen MR) is 66.8 cm³/mol. The van der Waals surface area contributed by atoms with Crippen LogP contribution in [0.25, 0.3) is 0 Å². The molecule has 0 spiro atoms.